The Morgan fingerprint density at radius 3 is 2.52 bits per heavy atom. The fourth-order valence-corrected chi connectivity index (χ4v) is 4.59. The molecule has 1 fully saturated rings. The van der Waals surface area contributed by atoms with Gasteiger partial charge in [-0.15, -0.1) is 0 Å². The highest BCUT2D eigenvalue weighted by molar-refractivity contribution is 8.18. The van der Waals surface area contributed by atoms with Crippen molar-refractivity contribution in [3.63, 3.8) is 0 Å². The van der Waals surface area contributed by atoms with E-state index in [1.807, 2.05) is 30.5 Å². The van der Waals surface area contributed by atoms with Crippen LogP contribution in [-0.2, 0) is 14.3 Å². The van der Waals surface area contributed by atoms with Crippen LogP contribution in [0, 0.1) is 13.8 Å². The second-order valence-electron chi connectivity index (χ2n) is 6.51. The van der Waals surface area contributed by atoms with E-state index in [1.165, 1.54) is 14.0 Å². The van der Waals surface area contributed by atoms with Crippen LogP contribution < -0.4 is 0 Å². The number of aromatic nitrogens is 1. The molecule has 1 saturated heterocycles. The van der Waals surface area contributed by atoms with Crippen molar-refractivity contribution in [2.45, 2.75) is 26.8 Å². The number of esters is 1. The van der Waals surface area contributed by atoms with E-state index in [2.05, 4.69) is 4.74 Å². The van der Waals surface area contributed by atoms with E-state index in [0.29, 0.717) is 10.0 Å². The summed E-state index contributed by atoms with van der Waals surface area (Å²) in [5.41, 5.74) is 3.28. The van der Waals surface area contributed by atoms with Crippen molar-refractivity contribution in [3.05, 3.63) is 56.2 Å². The van der Waals surface area contributed by atoms with Gasteiger partial charge in [0.05, 0.1) is 22.7 Å². The minimum absolute atomic E-state index is 0.244. The number of hydrogen-bond acceptors (Lipinski definition) is 5. The van der Waals surface area contributed by atoms with Crippen LogP contribution in [0.5, 0.6) is 0 Å². The Morgan fingerprint density at radius 1 is 1.21 bits per heavy atom. The van der Waals surface area contributed by atoms with Gasteiger partial charge in [-0.05, 0) is 68.4 Å². The zero-order valence-electron chi connectivity index (χ0n) is 16.2. The monoisotopic (exact) mass is 452 g/mol. The highest BCUT2D eigenvalue weighted by Gasteiger charge is 2.41. The number of aryl methyl sites for hydroxylation is 1. The molecule has 0 aliphatic carbocycles. The Labute approximate surface area is 182 Å². The number of halogens is 2. The number of imide groups is 1. The molecule has 0 saturated carbocycles. The minimum Gasteiger partial charge on any atom is -0.467 e. The van der Waals surface area contributed by atoms with Crippen molar-refractivity contribution in [1.82, 2.24) is 9.47 Å². The predicted octanol–water partition coefficient (Wildman–Crippen LogP) is 5.00. The molecule has 29 heavy (non-hydrogen) atoms. The third kappa shape index (κ3) is 3.95. The molecule has 2 aromatic rings. The average Bonchev–Trinajstić information content (AvgIpc) is 3.09. The van der Waals surface area contributed by atoms with Crippen LogP contribution in [0.1, 0.15) is 23.9 Å². The molecule has 3 rings (SSSR count). The lowest BCUT2D eigenvalue weighted by molar-refractivity contribution is -0.148. The SMILES string of the molecule is COC(=O)[C@H](C)N1C(=O)S/C(=C/c2cc(C)n(-c3ccc(Cl)cc3Cl)c2C)C1=O. The van der Waals surface area contributed by atoms with Gasteiger partial charge < -0.3 is 9.30 Å². The van der Waals surface area contributed by atoms with E-state index < -0.39 is 23.2 Å². The summed E-state index contributed by atoms with van der Waals surface area (Å²) in [6.45, 7) is 5.27. The van der Waals surface area contributed by atoms with E-state index in [-0.39, 0.29) is 4.91 Å². The number of thioether (sulfide) groups is 1. The summed E-state index contributed by atoms with van der Waals surface area (Å²) in [4.78, 5) is 37.9. The van der Waals surface area contributed by atoms with Gasteiger partial charge in [0.2, 0.25) is 0 Å². The van der Waals surface area contributed by atoms with Gasteiger partial charge in [0.25, 0.3) is 11.1 Å². The maximum absolute atomic E-state index is 12.7. The molecule has 1 aromatic carbocycles. The Bertz CT molecular complexity index is 1060. The van der Waals surface area contributed by atoms with Crippen LogP contribution in [0.2, 0.25) is 10.0 Å². The summed E-state index contributed by atoms with van der Waals surface area (Å²) in [7, 11) is 1.21. The van der Waals surface area contributed by atoms with Crippen molar-refractivity contribution in [2.24, 2.45) is 0 Å². The molecule has 2 amide bonds. The van der Waals surface area contributed by atoms with E-state index in [0.717, 1.165) is 39.3 Å². The summed E-state index contributed by atoms with van der Waals surface area (Å²) in [6.07, 6.45) is 1.65. The van der Waals surface area contributed by atoms with Crippen molar-refractivity contribution >= 4 is 58.2 Å². The van der Waals surface area contributed by atoms with Gasteiger partial charge in [-0.2, -0.15) is 0 Å². The molecule has 0 unspecified atom stereocenters. The molecule has 0 bridgehead atoms. The van der Waals surface area contributed by atoms with Crippen molar-refractivity contribution in [2.75, 3.05) is 7.11 Å². The van der Waals surface area contributed by atoms with E-state index in [9.17, 15) is 14.4 Å². The highest BCUT2D eigenvalue weighted by atomic mass is 35.5. The number of amides is 2. The number of methoxy groups -OCH3 is 1. The Kier molecular flexibility index (Phi) is 6.12. The van der Waals surface area contributed by atoms with Gasteiger partial charge in [0.15, 0.2) is 0 Å². The number of hydrogen-bond donors (Lipinski definition) is 0. The number of carbonyl (C=O) groups excluding carboxylic acids is 3. The predicted molar refractivity (Wildman–Crippen MR) is 115 cm³/mol. The van der Waals surface area contributed by atoms with Crippen LogP contribution in [0.3, 0.4) is 0 Å². The van der Waals surface area contributed by atoms with Gasteiger partial charge in [-0.3, -0.25) is 14.5 Å². The zero-order chi connectivity index (χ0) is 21.5. The number of ether oxygens (including phenoxy) is 1. The van der Waals surface area contributed by atoms with Crippen LogP contribution in [0.15, 0.2) is 29.2 Å². The van der Waals surface area contributed by atoms with Gasteiger partial charge >= 0.3 is 5.97 Å². The molecular formula is C20H18Cl2N2O4S. The van der Waals surface area contributed by atoms with Crippen LogP contribution in [0.25, 0.3) is 11.8 Å². The highest BCUT2D eigenvalue weighted by Crippen LogP contribution is 2.36. The number of rotatable bonds is 4. The van der Waals surface area contributed by atoms with Gasteiger partial charge in [-0.25, -0.2) is 4.79 Å². The first kappa shape index (κ1) is 21.5. The lowest BCUT2D eigenvalue weighted by Crippen LogP contribution is -2.42. The lowest BCUT2D eigenvalue weighted by Gasteiger charge is -2.18. The summed E-state index contributed by atoms with van der Waals surface area (Å²) in [6, 6.07) is 6.15. The summed E-state index contributed by atoms with van der Waals surface area (Å²) in [5.74, 6) is -1.17. The van der Waals surface area contributed by atoms with Crippen LogP contribution >= 0.6 is 35.0 Å². The first-order valence-electron chi connectivity index (χ1n) is 8.65. The maximum atomic E-state index is 12.7. The molecule has 2 heterocycles. The third-order valence-corrected chi connectivity index (χ3v) is 6.08. The third-order valence-electron chi connectivity index (χ3n) is 4.66. The molecule has 1 aromatic heterocycles. The van der Waals surface area contributed by atoms with Gasteiger partial charge in [-0.1, -0.05) is 23.2 Å². The second kappa shape index (κ2) is 8.26. The van der Waals surface area contributed by atoms with E-state index in [1.54, 1.807) is 18.2 Å². The van der Waals surface area contributed by atoms with Crippen molar-refractivity contribution < 1.29 is 19.1 Å². The topological polar surface area (TPSA) is 68.6 Å². The van der Waals surface area contributed by atoms with Crippen molar-refractivity contribution in [1.29, 1.82) is 0 Å². The van der Waals surface area contributed by atoms with E-state index in [4.69, 9.17) is 23.2 Å². The first-order chi connectivity index (χ1) is 13.6. The number of carbonyl (C=O) groups is 3. The Balaban J connectivity index is 1.99. The normalized spacial score (nSPS) is 16.6. The molecule has 152 valence electrons. The quantitative estimate of drug-likeness (QED) is 0.482. The molecule has 6 nitrogen and oxygen atoms in total. The lowest BCUT2D eigenvalue weighted by atomic mass is 10.2. The van der Waals surface area contributed by atoms with Gasteiger partial charge in [0, 0.05) is 16.4 Å². The van der Waals surface area contributed by atoms with Gasteiger partial charge in [0.1, 0.15) is 6.04 Å². The first-order valence-corrected chi connectivity index (χ1v) is 10.2. The second-order valence-corrected chi connectivity index (χ2v) is 8.35. The molecule has 1 aliphatic rings. The minimum atomic E-state index is -0.987. The summed E-state index contributed by atoms with van der Waals surface area (Å²) >= 11 is 13.1. The average molecular weight is 453 g/mol. The fourth-order valence-electron chi connectivity index (χ4n) is 3.20. The molecule has 9 heteroatoms. The largest absolute Gasteiger partial charge is 0.467 e. The zero-order valence-corrected chi connectivity index (χ0v) is 18.5. The van der Waals surface area contributed by atoms with E-state index >= 15 is 0 Å². The Hall–Kier alpha value is -2.22. The molecule has 0 radical (unpaired) electrons. The fraction of sp³-hybridized carbons (Fsp3) is 0.250. The van der Waals surface area contributed by atoms with Crippen LogP contribution in [-0.4, -0.2) is 39.7 Å². The number of nitrogens with zero attached hydrogens (tertiary/aromatic N) is 2. The Morgan fingerprint density at radius 2 is 1.90 bits per heavy atom. The molecule has 0 N–H and O–H groups in total. The van der Waals surface area contributed by atoms with Crippen LogP contribution in [0.4, 0.5) is 4.79 Å². The maximum Gasteiger partial charge on any atom is 0.328 e. The molecule has 1 aliphatic heterocycles. The number of benzene rings is 1. The summed E-state index contributed by atoms with van der Waals surface area (Å²) in [5, 5.41) is 0.529. The summed E-state index contributed by atoms with van der Waals surface area (Å²) < 4.78 is 6.59. The molecule has 0 spiro atoms. The smallest absolute Gasteiger partial charge is 0.328 e. The molecular weight excluding hydrogens is 435 g/mol. The standard InChI is InChI=1S/C20H18Cl2N2O4S/c1-10-7-13(11(2)23(10)16-6-5-14(21)9-15(16)22)8-17-18(25)24(20(27)29-17)12(3)19(26)28-4/h5-9,12H,1-4H3/b17-8+/t12-/m0/s1. The molecule has 1 atom stereocenters. The van der Waals surface area contributed by atoms with Crippen molar-refractivity contribution in [3.8, 4) is 5.69 Å².